The monoisotopic (exact) mass is 397 g/mol. The van der Waals surface area contributed by atoms with Gasteiger partial charge in [0.2, 0.25) is 0 Å². The molecule has 150 valence electrons. The summed E-state index contributed by atoms with van der Waals surface area (Å²) >= 11 is 1.54. The summed E-state index contributed by atoms with van der Waals surface area (Å²) in [5.41, 5.74) is 1.31. The Morgan fingerprint density at radius 3 is 2.86 bits per heavy atom. The molecule has 1 aromatic heterocycles. The maximum atomic E-state index is 5.96. The van der Waals surface area contributed by atoms with Crippen molar-refractivity contribution in [1.82, 2.24) is 9.27 Å². The van der Waals surface area contributed by atoms with Crippen molar-refractivity contribution in [2.45, 2.75) is 39.2 Å². The van der Waals surface area contributed by atoms with Crippen molar-refractivity contribution in [1.29, 1.82) is 0 Å². The second kappa shape index (κ2) is 11.0. The summed E-state index contributed by atoms with van der Waals surface area (Å²) in [6.45, 7) is 5.92. The van der Waals surface area contributed by atoms with Gasteiger partial charge in [0.25, 0.3) is 0 Å². The predicted molar refractivity (Wildman–Crippen MR) is 121 cm³/mol. The number of hydrogen-bond acceptors (Lipinski definition) is 5. The first kappa shape index (κ1) is 20.6. The third-order valence-corrected chi connectivity index (χ3v) is 5.58. The lowest BCUT2D eigenvalue weighted by atomic mass is 10.2. The van der Waals surface area contributed by atoms with Gasteiger partial charge < -0.3 is 15.0 Å². The summed E-state index contributed by atoms with van der Waals surface area (Å²) in [5.74, 6) is 1.94. The second-order valence-corrected chi connectivity index (χ2v) is 8.05. The van der Waals surface area contributed by atoms with E-state index in [9.17, 15) is 0 Å². The Morgan fingerprint density at radius 2 is 1.96 bits per heavy atom. The molecule has 0 aliphatic carbocycles. The number of nitrogens with zero attached hydrogens (tertiary/aromatic N) is 2. The topological polar surface area (TPSA) is 37.4 Å². The summed E-state index contributed by atoms with van der Waals surface area (Å²) in [6.07, 6.45) is 4.78. The normalized spacial score (nSPS) is 11.2. The van der Waals surface area contributed by atoms with E-state index in [-0.39, 0.29) is 0 Å². The fourth-order valence-corrected chi connectivity index (χ4v) is 3.99. The SMILES string of the molecule is CCCCCN(C)Cc1cccc(OCCCNc2nsc3ccccc23)c1. The molecule has 5 heteroatoms. The predicted octanol–water partition coefficient (Wildman–Crippen LogP) is 5.80. The van der Waals surface area contributed by atoms with Crippen LogP contribution in [0.15, 0.2) is 48.5 Å². The number of anilines is 1. The molecule has 2 aromatic carbocycles. The van der Waals surface area contributed by atoms with Crippen LogP contribution in [-0.2, 0) is 6.54 Å². The first-order valence-corrected chi connectivity index (χ1v) is 11.0. The summed E-state index contributed by atoms with van der Waals surface area (Å²) in [4.78, 5) is 2.39. The first-order valence-electron chi connectivity index (χ1n) is 10.2. The Hall–Kier alpha value is -2.11. The number of aromatic nitrogens is 1. The molecular weight excluding hydrogens is 366 g/mol. The van der Waals surface area contributed by atoms with Crippen LogP contribution in [0.5, 0.6) is 5.75 Å². The molecule has 0 aliphatic rings. The van der Waals surface area contributed by atoms with E-state index >= 15 is 0 Å². The largest absolute Gasteiger partial charge is 0.494 e. The van der Waals surface area contributed by atoms with E-state index in [0.29, 0.717) is 6.61 Å². The average molecular weight is 398 g/mol. The number of nitrogens with one attached hydrogen (secondary N) is 1. The number of unbranched alkanes of at least 4 members (excludes halogenated alkanes) is 2. The molecule has 0 saturated heterocycles. The number of benzene rings is 2. The Kier molecular flexibility index (Phi) is 8.12. The molecule has 0 unspecified atom stereocenters. The summed E-state index contributed by atoms with van der Waals surface area (Å²) in [5, 5.41) is 4.63. The lowest BCUT2D eigenvalue weighted by Crippen LogP contribution is -2.19. The van der Waals surface area contributed by atoms with Crippen molar-refractivity contribution in [2.24, 2.45) is 0 Å². The van der Waals surface area contributed by atoms with Gasteiger partial charge in [-0.05, 0) is 67.8 Å². The van der Waals surface area contributed by atoms with E-state index in [2.05, 4.69) is 71.0 Å². The third kappa shape index (κ3) is 6.21. The Labute approximate surface area is 172 Å². The minimum absolute atomic E-state index is 0.699. The molecule has 1 N–H and O–H groups in total. The van der Waals surface area contributed by atoms with E-state index < -0.39 is 0 Å². The lowest BCUT2D eigenvalue weighted by Gasteiger charge is -2.17. The van der Waals surface area contributed by atoms with Crippen molar-refractivity contribution in [3.05, 3.63) is 54.1 Å². The standard InChI is InChI=1S/C23H31N3OS/c1-3-4-7-15-26(2)18-19-10-8-11-20(17-19)27-16-9-14-24-23-21-12-5-6-13-22(21)28-25-23/h5-6,8,10-13,17H,3-4,7,9,14-16,18H2,1-2H3,(H,24,25). The van der Waals surface area contributed by atoms with Crippen molar-refractivity contribution >= 4 is 27.4 Å². The van der Waals surface area contributed by atoms with E-state index in [1.54, 1.807) is 0 Å². The quantitative estimate of drug-likeness (QED) is 0.392. The van der Waals surface area contributed by atoms with Crippen molar-refractivity contribution in [3.63, 3.8) is 0 Å². The lowest BCUT2D eigenvalue weighted by molar-refractivity contribution is 0.307. The van der Waals surface area contributed by atoms with Gasteiger partial charge in [-0.2, -0.15) is 4.37 Å². The number of fused-ring (bicyclic) bond motifs is 1. The van der Waals surface area contributed by atoms with Crippen LogP contribution in [0.1, 0.15) is 38.2 Å². The molecule has 3 aromatic rings. The molecule has 28 heavy (non-hydrogen) atoms. The molecule has 0 spiro atoms. The van der Waals surface area contributed by atoms with Crippen molar-refractivity contribution in [3.8, 4) is 5.75 Å². The highest BCUT2D eigenvalue weighted by Gasteiger charge is 2.05. The Bertz CT molecular complexity index is 848. The molecule has 4 nitrogen and oxygen atoms in total. The molecule has 0 saturated carbocycles. The summed E-state index contributed by atoms with van der Waals surface area (Å²) in [6, 6.07) is 16.8. The minimum Gasteiger partial charge on any atom is -0.494 e. The molecule has 0 aliphatic heterocycles. The van der Waals surface area contributed by atoms with E-state index in [1.807, 2.05) is 6.07 Å². The van der Waals surface area contributed by atoms with Gasteiger partial charge in [0.05, 0.1) is 11.3 Å². The maximum Gasteiger partial charge on any atom is 0.147 e. The molecule has 3 rings (SSSR count). The van der Waals surface area contributed by atoms with Crippen molar-refractivity contribution < 1.29 is 4.74 Å². The number of hydrogen-bond donors (Lipinski definition) is 1. The van der Waals surface area contributed by atoms with Gasteiger partial charge in [0.1, 0.15) is 11.6 Å². The van der Waals surface area contributed by atoms with E-state index in [1.165, 1.54) is 46.4 Å². The van der Waals surface area contributed by atoms with E-state index in [0.717, 1.165) is 37.6 Å². The third-order valence-electron chi connectivity index (χ3n) is 4.75. The van der Waals surface area contributed by atoms with Crippen molar-refractivity contribution in [2.75, 3.05) is 32.1 Å². The second-order valence-electron chi connectivity index (χ2n) is 7.25. The van der Waals surface area contributed by atoms with Gasteiger partial charge in [-0.1, -0.05) is 44.0 Å². The number of ether oxygens (including phenoxy) is 1. The van der Waals surface area contributed by atoms with Crippen LogP contribution in [0, 0.1) is 0 Å². The van der Waals surface area contributed by atoms with Gasteiger partial charge in [-0.25, -0.2) is 0 Å². The summed E-state index contributed by atoms with van der Waals surface area (Å²) < 4.78 is 11.7. The molecule has 0 fully saturated rings. The molecule has 0 amide bonds. The zero-order valence-corrected chi connectivity index (χ0v) is 17.8. The number of rotatable bonds is 12. The van der Waals surface area contributed by atoms with Crippen LogP contribution >= 0.6 is 11.5 Å². The van der Waals surface area contributed by atoms with Gasteiger partial charge in [0.15, 0.2) is 0 Å². The Morgan fingerprint density at radius 1 is 1.07 bits per heavy atom. The highest BCUT2D eigenvalue weighted by molar-refractivity contribution is 7.13. The highest BCUT2D eigenvalue weighted by Crippen LogP contribution is 2.26. The molecule has 0 radical (unpaired) electrons. The van der Waals surface area contributed by atoms with Gasteiger partial charge in [-0.15, -0.1) is 0 Å². The van der Waals surface area contributed by atoms with Crippen LogP contribution in [0.4, 0.5) is 5.82 Å². The van der Waals surface area contributed by atoms with Crippen LogP contribution in [-0.4, -0.2) is 36.0 Å². The van der Waals surface area contributed by atoms with Gasteiger partial charge in [-0.3, -0.25) is 0 Å². The minimum atomic E-state index is 0.699. The summed E-state index contributed by atoms with van der Waals surface area (Å²) in [7, 11) is 2.19. The van der Waals surface area contributed by atoms with Crippen LogP contribution < -0.4 is 10.1 Å². The fourth-order valence-electron chi connectivity index (χ4n) is 3.24. The van der Waals surface area contributed by atoms with E-state index in [4.69, 9.17) is 4.74 Å². The fraction of sp³-hybridized carbons (Fsp3) is 0.435. The highest BCUT2D eigenvalue weighted by atomic mass is 32.1. The van der Waals surface area contributed by atoms with Gasteiger partial charge in [0, 0.05) is 18.5 Å². The van der Waals surface area contributed by atoms with Crippen LogP contribution in [0.2, 0.25) is 0 Å². The smallest absolute Gasteiger partial charge is 0.147 e. The molecular formula is C23H31N3OS. The Balaban J connectivity index is 1.39. The first-order chi connectivity index (χ1) is 13.8. The molecule has 0 atom stereocenters. The zero-order valence-electron chi connectivity index (χ0n) is 17.0. The van der Waals surface area contributed by atoms with Gasteiger partial charge >= 0.3 is 0 Å². The zero-order chi connectivity index (χ0) is 19.6. The van der Waals surface area contributed by atoms with Crippen LogP contribution in [0.3, 0.4) is 0 Å². The maximum absolute atomic E-state index is 5.96. The van der Waals surface area contributed by atoms with Crippen LogP contribution in [0.25, 0.3) is 10.1 Å². The average Bonchev–Trinajstić information content (AvgIpc) is 3.11. The molecule has 1 heterocycles. The molecule has 0 bridgehead atoms.